The lowest BCUT2D eigenvalue weighted by Crippen LogP contribution is -2.00. The van der Waals surface area contributed by atoms with Crippen LogP contribution in [0.5, 0.6) is 5.75 Å². The third-order valence-electron chi connectivity index (χ3n) is 3.97. The van der Waals surface area contributed by atoms with Gasteiger partial charge in [-0.3, -0.25) is 4.79 Å². The summed E-state index contributed by atoms with van der Waals surface area (Å²) < 4.78 is 15.9. The zero-order valence-electron chi connectivity index (χ0n) is 15.5. The highest BCUT2D eigenvalue weighted by atomic mass is 32.1. The van der Waals surface area contributed by atoms with Crippen molar-refractivity contribution in [1.29, 1.82) is 0 Å². The summed E-state index contributed by atoms with van der Waals surface area (Å²) >= 11 is 1.39. The van der Waals surface area contributed by atoms with Gasteiger partial charge in [-0.15, -0.1) is 11.3 Å². The molecule has 0 saturated heterocycles. The smallest absolute Gasteiger partial charge is 0.341 e. The summed E-state index contributed by atoms with van der Waals surface area (Å²) in [6, 6.07) is 9.07. The Bertz CT molecular complexity index is 984. The molecule has 0 aliphatic heterocycles. The lowest BCUT2D eigenvalue weighted by Gasteiger charge is -2.04. The quantitative estimate of drug-likeness (QED) is 0.456. The first kappa shape index (κ1) is 18.8. The van der Waals surface area contributed by atoms with Crippen LogP contribution < -0.4 is 4.74 Å². The fourth-order valence-electron chi connectivity index (χ4n) is 2.62. The van der Waals surface area contributed by atoms with Gasteiger partial charge in [0.2, 0.25) is 0 Å². The molecule has 0 radical (unpaired) electrons. The van der Waals surface area contributed by atoms with Gasteiger partial charge < -0.3 is 13.9 Å². The number of hydrogen-bond acceptors (Lipinski definition) is 7. The number of carbonyl (C=O) groups is 2. The highest BCUT2D eigenvalue weighted by Gasteiger charge is 2.16. The molecule has 3 aromatic rings. The van der Waals surface area contributed by atoms with Crippen molar-refractivity contribution < 1.29 is 23.5 Å². The van der Waals surface area contributed by atoms with E-state index in [4.69, 9.17) is 13.9 Å². The molecule has 6 nitrogen and oxygen atoms in total. The average molecular weight is 385 g/mol. The monoisotopic (exact) mass is 385 g/mol. The molecule has 0 fully saturated rings. The number of carbonyl (C=O) groups excluding carboxylic acids is 2. The van der Waals surface area contributed by atoms with Gasteiger partial charge in [0.05, 0.1) is 17.7 Å². The minimum absolute atomic E-state index is 0.0243. The van der Waals surface area contributed by atoms with Crippen LogP contribution in [0, 0.1) is 13.8 Å². The van der Waals surface area contributed by atoms with Gasteiger partial charge in [-0.2, -0.15) is 0 Å². The predicted molar refractivity (Wildman–Crippen MR) is 101 cm³/mol. The van der Waals surface area contributed by atoms with Gasteiger partial charge in [-0.25, -0.2) is 9.78 Å². The molecule has 0 amide bonds. The van der Waals surface area contributed by atoms with E-state index in [9.17, 15) is 9.59 Å². The number of aromatic nitrogens is 1. The van der Waals surface area contributed by atoms with Crippen LogP contribution in [-0.2, 0) is 11.3 Å². The van der Waals surface area contributed by atoms with Crippen molar-refractivity contribution in [3.05, 3.63) is 58.0 Å². The Morgan fingerprint density at radius 2 is 1.89 bits per heavy atom. The predicted octanol–water partition coefficient (Wildman–Crippen LogP) is 4.59. The number of hydrogen-bond donors (Lipinski definition) is 0. The molecule has 0 atom stereocenters. The number of aryl methyl sites for hydroxylation is 2. The van der Waals surface area contributed by atoms with Crippen LogP contribution >= 0.6 is 11.3 Å². The first-order valence-corrected chi connectivity index (χ1v) is 9.10. The highest BCUT2D eigenvalue weighted by Crippen LogP contribution is 2.29. The summed E-state index contributed by atoms with van der Waals surface area (Å²) in [6.07, 6.45) is 0. The van der Waals surface area contributed by atoms with Crippen LogP contribution in [-0.4, -0.2) is 23.8 Å². The Hall–Kier alpha value is -2.93. The minimum Gasteiger partial charge on any atom is -0.486 e. The Morgan fingerprint density at radius 1 is 1.19 bits per heavy atom. The standard InChI is InChI=1S/C20H19NO5S/c1-11-18(12(2)22)27-19(21-11)14-5-7-15(8-6-14)25-10-16-9-17(13(3)26-16)20(23)24-4/h5-9H,10H2,1-4H3. The van der Waals surface area contributed by atoms with Gasteiger partial charge in [0.1, 0.15) is 34.4 Å². The summed E-state index contributed by atoms with van der Waals surface area (Å²) in [5, 5.41) is 0.800. The second-order valence-electron chi connectivity index (χ2n) is 5.98. The zero-order chi connectivity index (χ0) is 19.6. The molecule has 3 rings (SSSR count). The number of nitrogens with zero attached hydrogens (tertiary/aromatic N) is 1. The normalized spacial score (nSPS) is 10.7. The van der Waals surface area contributed by atoms with E-state index >= 15 is 0 Å². The molecule has 0 spiro atoms. The molecule has 2 heterocycles. The number of furan rings is 1. The Balaban J connectivity index is 1.69. The first-order chi connectivity index (χ1) is 12.9. The van der Waals surface area contributed by atoms with E-state index in [-0.39, 0.29) is 12.4 Å². The van der Waals surface area contributed by atoms with E-state index in [1.54, 1.807) is 19.9 Å². The molecule has 2 aromatic heterocycles. The van der Waals surface area contributed by atoms with Crippen molar-refractivity contribution in [2.75, 3.05) is 7.11 Å². The summed E-state index contributed by atoms with van der Waals surface area (Å²) in [6.45, 7) is 5.28. The molecule has 0 bridgehead atoms. The lowest BCUT2D eigenvalue weighted by molar-refractivity contribution is 0.0598. The van der Waals surface area contributed by atoms with Crippen molar-refractivity contribution in [2.24, 2.45) is 0 Å². The van der Waals surface area contributed by atoms with E-state index in [2.05, 4.69) is 4.98 Å². The van der Waals surface area contributed by atoms with E-state index in [1.807, 2.05) is 31.2 Å². The molecule has 0 saturated carbocycles. The van der Waals surface area contributed by atoms with Crippen molar-refractivity contribution in [3.63, 3.8) is 0 Å². The summed E-state index contributed by atoms with van der Waals surface area (Å²) in [5.41, 5.74) is 2.06. The Kier molecular flexibility index (Phi) is 5.41. The van der Waals surface area contributed by atoms with E-state index in [0.717, 1.165) is 16.3 Å². The number of rotatable bonds is 6. The molecule has 7 heteroatoms. The summed E-state index contributed by atoms with van der Waals surface area (Å²) in [4.78, 5) is 28.3. The zero-order valence-corrected chi connectivity index (χ0v) is 16.3. The fourth-order valence-corrected chi connectivity index (χ4v) is 3.59. The van der Waals surface area contributed by atoms with E-state index in [0.29, 0.717) is 27.7 Å². The van der Waals surface area contributed by atoms with Crippen LogP contribution in [0.2, 0.25) is 0 Å². The van der Waals surface area contributed by atoms with Crippen molar-refractivity contribution in [2.45, 2.75) is 27.4 Å². The lowest BCUT2D eigenvalue weighted by atomic mass is 10.2. The molecule has 1 aromatic carbocycles. The maximum Gasteiger partial charge on any atom is 0.341 e. The molecular weight excluding hydrogens is 366 g/mol. The molecule has 0 aliphatic rings. The number of Topliss-reactive ketones (excluding diaryl/α,β-unsaturated/α-hetero) is 1. The third kappa shape index (κ3) is 4.09. The van der Waals surface area contributed by atoms with Crippen molar-refractivity contribution >= 4 is 23.1 Å². The van der Waals surface area contributed by atoms with E-state index < -0.39 is 5.97 Å². The van der Waals surface area contributed by atoms with Crippen LogP contribution in [0.15, 0.2) is 34.7 Å². The van der Waals surface area contributed by atoms with Gasteiger partial charge in [-0.05, 0) is 44.2 Å². The number of ether oxygens (including phenoxy) is 2. The van der Waals surface area contributed by atoms with Crippen LogP contribution in [0.3, 0.4) is 0 Å². The molecule has 27 heavy (non-hydrogen) atoms. The van der Waals surface area contributed by atoms with Crippen LogP contribution in [0.25, 0.3) is 10.6 Å². The fraction of sp³-hybridized carbons (Fsp3) is 0.250. The van der Waals surface area contributed by atoms with E-state index in [1.165, 1.54) is 18.4 Å². The second kappa shape index (κ2) is 7.75. The Labute approximate surface area is 160 Å². The summed E-state index contributed by atoms with van der Waals surface area (Å²) in [7, 11) is 1.33. The minimum atomic E-state index is -0.435. The van der Waals surface area contributed by atoms with Crippen LogP contribution in [0.1, 0.15) is 44.2 Å². The van der Waals surface area contributed by atoms with Gasteiger partial charge in [0, 0.05) is 12.5 Å². The molecule has 140 valence electrons. The molecular formula is C20H19NO5S. The number of methoxy groups -OCH3 is 1. The molecule has 0 aliphatic carbocycles. The third-order valence-corrected chi connectivity index (χ3v) is 5.28. The number of benzene rings is 1. The molecule has 0 unspecified atom stereocenters. The first-order valence-electron chi connectivity index (χ1n) is 8.28. The average Bonchev–Trinajstić information content (AvgIpc) is 3.22. The number of esters is 1. The maximum absolute atomic E-state index is 11.6. The van der Waals surface area contributed by atoms with Gasteiger partial charge >= 0.3 is 5.97 Å². The summed E-state index contributed by atoms with van der Waals surface area (Å²) in [5.74, 6) is 1.29. The van der Waals surface area contributed by atoms with Crippen LogP contribution in [0.4, 0.5) is 0 Å². The second-order valence-corrected chi connectivity index (χ2v) is 6.98. The van der Waals surface area contributed by atoms with Gasteiger partial charge in [0.25, 0.3) is 0 Å². The maximum atomic E-state index is 11.6. The Morgan fingerprint density at radius 3 is 2.48 bits per heavy atom. The van der Waals surface area contributed by atoms with Crippen molar-refractivity contribution in [1.82, 2.24) is 4.98 Å². The molecule has 0 N–H and O–H groups in total. The van der Waals surface area contributed by atoms with Crippen molar-refractivity contribution in [3.8, 4) is 16.3 Å². The topological polar surface area (TPSA) is 78.6 Å². The largest absolute Gasteiger partial charge is 0.486 e. The van der Waals surface area contributed by atoms with Gasteiger partial charge in [0.15, 0.2) is 5.78 Å². The highest BCUT2D eigenvalue weighted by molar-refractivity contribution is 7.17. The SMILES string of the molecule is COC(=O)c1cc(COc2ccc(-c3nc(C)c(C(C)=O)s3)cc2)oc1C. The van der Waals surface area contributed by atoms with Gasteiger partial charge in [-0.1, -0.05) is 0 Å². The number of thiazole rings is 1. The number of ketones is 1.